The molecule has 0 spiro atoms. The molecule has 0 aliphatic heterocycles. The van der Waals surface area contributed by atoms with Crippen molar-refractivity contribution in [3.63, 3.8) is 0 Å². The Morgan fingerprint density at radius 1 is 0.440 bits per heavy atom. The van der Waals surface area contributed by atoms with Crippen LogP contribution in [0, 0.1) is 0 Å². The highest BCUT2D eigenvalue weighted by molar-refractivity contribution is 6.69. The van der Waals surface area contributed by atoms with Gasteiger partial charge in [0, 0.05) is 6.61 Å². The molecule has 0 saturated carbocycles. The summed E-state index contributed by atoms with van der Waals surface area (Å²) in [7, 11) is -1.42. The van der Waals surface area contributed by atoms with Gasteiger partial charge in [0.15, 0.2) is 8.32 Å². The molecule has 0 bridgehead atoms. The lowest BCUT2D eigenvalue weighted by molar-refractivity contribution is -0.0174. The third kappa shape index (κ3) is 23.9. The minimum absolute atomic E-state index is 0.562. The summed E-state index contributed by atoms with van der Waals surface area (Å²) in [5.41, 5.74) is 0. The van der Waals surface area contributed by atoms with E-state index in [1.54, 1.807) is 0 Å². The van der Waals surface area contributed by atoms with E-state index in [4.69, 9.17) is 32.8 Å². The Hall–Kier alpha value is -0.0631. The fourth-order valence-electron chi connectivity index (χ4n) is 1.65. The van der Waals surface area contributed by atoms with Crippen LogP contribution >= 0.6 is 0 Å². The third-order valence-electron chi connectivity index (χ3n) is 2.83. The van der Waals surface area contributed by atoms with Gasteiger partial charge in [0.25, 0.3) is 0 Å². The molecule has 0 amide bonds. The molecule has 0 aliphatic carbocycles. The van der Waals surface area contributed by atoms with Crippen molar-refractivity contribution < 1.29 is 32.8 Å². The molecule has 0 fully saturated rings. The summed E-state index contributed by atoms with van der Waals surface area (Å²) in [4.78, 5) is 0. The lowest BCUT2D eigenvalue weighted by Gasteiger charge is -2.16. The van der Waals surface area contributed by atoms with Crippen LogP contribution in [0.5, 0.6) is 0 Å². The van der Waals surface area contributed by atoms with Crippen molar-refractivity contribution in [2.75, 3.05) is 85.9 Å². The van der Waals surface area contributed by atoms with Crippen LogP contribution in [0.25, 0.3) is 0 Å². The van der Waals surface area contributed by atoms with Crippen LogP contribution < -0.4 is 0 Å². The van der Waals surface area contributed by atoms with Gasteiger partial charge in [0.2, 0.25) is 0 Å². The number of rotatable bonds is 20. The average Bonchev–Trinajstić information content (AvgIpc) is 2.56. The summed E-state index contributed by atoms with van der Waals surface area (Å²) in [5.74, 6) is 0. The monoisotopic (exact) mass is 382 g/mol. The maximum Gasteiger partial charge on any atom is 0.183 e. The SMILES string of the molecule is CCOCCOCCOCCOCCOCCOCCO[Si](C)(C)C. The second-order valence-electron chi connectivity index (χ2n) is 6.22. The zero-order valence-electron chi connectivity index (χ0n) is 16.6. The Morgan fingerprint density at radius 2 is 0.720 bits per heavy atom. The highest BCUT2D eigenvalue weighted by atomic mass is 28.4. The standard InChI is InChI=1S/C17H38O7Si/c1-5-18-6-7-19-8-9-20-10-11-21-12-13-22-14-15-23-16-17-24-25(2,3)4/h5-17H2,1-4H3. The van der Waals surface area contributed by atoms with Crippen LogP contribution in [0.3, 0.4) is 0 Å². The molecule has 8 heteroatoms. The first-order valence-corrected chi connectivity index (χ1v) is 12.6. The second-order valence-corrected chi connectivity index (χ2v) is 10.7. The first-order chi connectivity index (χ1) is 12.1. The first kappa shape index (κ1) is 24.9. The smallest absolute Gasteiger partial charge is 0.183 e. The Labute approximate surface area is 154 Å². The fourth-order valence-corrected chi connectivity index (χ4v) is 2.35. The minimum Gasteiger partial charge on any atom is -0.415 e. The molecule has 0 atom stereocenters. The molecule has 7 nitrogen and oxygen atoms in total. The van der Waals surface area contributed by atoms with Crippen molar-refractivity contribution in [2.24, 2.45) is 0 Å². The molecule has 152 valence electrons. The molecule has 0 heterocycles. The van der Waals surface area contributed by atoms with E-state index in [-0.39, 0.29) is 0 Å². The highest BCUT2D eigenvalue weighted by Gasteiger charge is 2.12. The van der Waals surface area contributed by atoms with Crippen molar-refractivity contribution in [3.05, 3.63) is 0 Å². The first-order valence-electron chi connectivity index (χ1n) is 9.16. The number of hydrogen-bond donors (Lipinski definition) is 0. The molecule has 0 saturated heterocycles. The van der Waals surface area contributed by atoms with Crippen LogP contribution in [0.2, 0.25) is 19.6 Å². The summed E-state index contributed by atoms with van der Waals surface area (Å²) in [6.07, 6.45) is 0. The van der Waals surface area contributed by atoms with E-state index in [2.05, 4.69) is 19.6 Å². The lowest BCUT2D eigenvalue weighted by atomic mass is 10.7. The molecular formula is C17H38O7Si. The Balaban J connectivity index is 3.01. The second kappa shape index (κ2) is 18.7. The zero-order valence-corrected chi connectivity index (χ0v) is 17.6. The Kier molecular flexibility index (Phi) is 18.7. The van der Waals surface area contributed by atoms with Crippen molar-refractivity contribution in [2.45, 2.75) is 26.6 Å². The number of ether oxygens (including phenoxy) is 6. The van der Waals surface area contributed by atoms with E-state index >= 15 is 0 Å². The molecule has 0 N–H and O–H groups in total. The largest absolute Gasteiger partial charge is 0.415 e. The molecule has 0 radical (unpaired) electrons. The van der Waals surface area contributed by atoms with Gasteiger partial charge >= 0.3 is 0 Å². The molecule has 0 aliphatic rings. The molecule has 0 aromatic carbocycles. The molecular weight excluding hydrogens is 344 g/mol. The van der Waals surface area contributed by atoms with E-state index in [1.807, 2.05) is 6.92 Å². The van der Waals surface area contributed by atoms with Gasteiger partial charge in [-0.05, 0) is 26.6 Å². The maximum absolute atomic E-state index is 5.69. The molecule has 0 rings (SSSR count). The van der Waals surface area contributed by atoms with E-state index in [0.29, 0.717) is 79.3 Å². The summed E-state index contributed by atoms with van der Waals surface area (Å²) in [6, 6.07) is 0. The van der Waals surface area contributed by atoms with E-state index in [0.717, 1.165) is 6.61 Å². The van der Waals surface area contributed by atoms with Crippen LogP contribution in [0.4, 0.5) is 0 Å². The van der Waals surface area contributed by atoms with Crippen LogP contribution in [-0.2, 0) is 32.8 Å². The fraction of sp³-hybridized carbons (Fsp3) is 1.00. The van der Waals surface area contributed by atoms with Gasteiger partial charge in [0.1, 0.15) is 0 Å². The normalized spacial score (nSPS) is 12.0. The van der Waals surface area contributed by atoms with E-state index in [9.17, 15) is 0 Å². The minimum atomic E-state index is -1.42. The van der Waals surface area contributed by atoms with Crippen LogP contribution in [0.1, 0.15) is 6.92 Å². The lowest BCUT2D eigenvalue weighted by Crippen LogP contribution is -2.27. The van der Waals surface area contributed by atoms with Crippen molar-refractivity contribution in [1.82, 2.24) is 0 Å². The van der Waals surface area contributed by atoms with Gasteiger partial charge < -0.3 is 32.8 Å². The summed E-state index contributed by atoms with van der Waals surface area (Å²) in [5, 5.41) is 0. The summed E-state index contributed by atoms with van der Waals surface area (Å²) in [6.45, 7) is 16.3. The van der Waals surface area contributed by atoms with Gasteiger partial charge in [-0.3, -0.25) is 0 Å². The molecule has 0 unspecified atom stereocenters. The Morgan fingerprint density at radius 3 is 1.00 bits per heavy atom. The predicted octanol–water partition coefficient (Wildman–Crippen LogP) is 1.96. The predicted molar refractivity (Wildman–Crippen MR) is 99.9 cm³/mol. The van der Waals surface area contributed by atoms with Gasteiger partial charge in [-0.25, -0.2) is 0 Å². The highest BCUT2D eigenvalue weighted by Crippen LogP contribution is 2.01. The summed E-state index contributed by atoms with van der Waals surface area (Å²) >= 11 is 0. The average molecular weight is 383 g/mol. The van der Waals surface area contributed by atoms with E-state index < -0.39 is 8.32 Å². The third-order valence-corrected chi connectivity index (χ3v) is 3.90. The maximum atomic E-state index is 5.69. The van der Waals surface area contributed by atoms with Gasteiger partial charge in [0.05, 0.1) is 79.3 Å². The van der Waals surface area contributed by atoms with E-state index in [1.165, 1.54) is 0 Å². The van der Waals surface area contributed by atoms with Crippen LogP contribution in [-0.4, -0.2) is 94.2 Å². The summed E-state index contributed by atoms with van der Waals surface area (Å²) < 4.78 is 37.8. The topological polar surface area (TPSA) is 64.6 Å². The molecule has 0 aromatic rings. The van der Waals surface area contributed by atoms with Crippen LogP contribution in [0.15, 0.2) is 0 Å². The van der Waals surface area contributed by atoms with Gasteiger partial charge in [-0.2, -0.15) is 0 Å². The Bertz CT molecular complexity index is 262. The van der Waals surface area contributed by atoms with Crippen molar-refractivity contribution >= 4 is 8.32 Å². The van der Waals surface area contributed by atoms with Gasteiger partial charge in [-0.1, -0.05) is 0 Å². The van der Waals surface area contributed by atoms with Crippen molar-refractivity contribution in [1.29, 1.82) is 0 Å². The molecule has 25 heavy (non-hydrogen) atoms. The van der Waals surface area contributed by atoms with Gasteiger partial charge in [-0.15, -0.1) is 0 Å². The number of hydrogen-bond acceptors (Lipinski definition) is 7. The quantitative estimate of drug-likeness (QED) is 0.236. The molecule has 0 aromatic heterocycles. The zero-order chi connectivity index (χ0) is 18.6. The van der Waals surface area contributed by atoms with Crippen molar-refractivity contribution in [3.8, 4) is 0 Å².